The van der Waals surface area contributed by atoms with E-state index < -0.39 is 0 Å². The molecule has 0 radical (unpaired) electrons. The zero-order valence-corrected chi connectivity index (χ0v) is 12.7. The molecule has 3 aromatic rings. The third-order valence-corrected chi connectivity index (χ3v) is 3.97. The maximum Gasteiger partial charge on any atom is 0.307 e. The molecule has 1 aromatic carbocycles. The molecule has 0 saturated carbocycles. The number of ether oxygens (including phenoxy) is 1. The highest BCUT2D eigenvalue weighted by atomic mass is 32.1. The van der Waals surface area contributed by atoms with Crippen LogP contribution in [0.1, 0.15) is 16.0 Å². The first-order valence-electron chi connectivity index (χ1n) is 6.70. The minimum Gasteiger partial charge on any atom is -0.494 e. The lowest BCUT2D eigenvalue weighted by atomic mass is 10.1. The number of H-pyrrole nitrogens is 1. The SMILES string of the molecule is Cc1ccnc(Oc2ccc(Cc3sc(=O)[nH]c3O)cc2)c1. The lowest BCUT2D eigenvalue weighted by Crippen LogP contribution is -1.90. The van der Waals surface area contributed by atoms with Crippen molar-refractivity contribution < 1.29 is 9.84 Å². The number of aromatic amines is 1. The molecule has 0 amide bonds. The van der Waals surface area contributed by atoms with E-state index in [0.717, 1.165) is 22.5 Å². The Kier molecular flexibility index (Phi) is 3.93. The average molecular weight is 314 g/mol. The molecule has 0 fully saturated rings. The fraction of sp³-hybridized carbons (Fsp3) is 0.125. The number of hydrogen-bond acceptors (Lipinski definition) is 5. The number of hydrogen-bond donors (Lipinski definition) is 2. The van der Waals surface area contributed by atoms with E-state index >= 15 is 0 Å². The second-order valence-electron chi connectivity index (χ2n) is 4.88. The van der Waals surface area contributed by atoms with Crippen molar-refractivity contribution in [3.63, 3.8) is 0 Å². The van der Waals surface area contributed by atoms with Gasteiger partial charge in [0.2, 0.25) is 11.8 Å². The van der Waals surface area contributed by atoms with Gasteiger partial charge in [-0.25, -0.2) is 4.98 Å². The molecule has 0 aliphatic carbocycles. The Labute approximate surface area is 130 Å². The highest BCUT2D eigenvalue weighted by molar-refractivity contribution is 7.09. The van der Waals surface area contributed by atoms with Gasteiger partial charge in [-0.05, 0) is 36.2 Å². The zero-order chi connectivity index (χ0) is 15.5. The second kappa shape index (κ2) is 6.03. The van der Waals surface area contributed by atoms with E-state index in [0.29, 0.717) is 22.9 Å². The van der Waals surface area contributed by atoms with Crippen LogP contribution in [-0.2, 0) is 6.42 Å². The lowest BCUT2D eigenvalue weighted by Gasteiger charge is -2.06. The van der Waals surface area contributed by atoms with Crippen molar-refractivity contribution in [2.75, 3.05) is 0 Å². The third kappa shape index (κ3) is 3.35. The van der Waals surface area contributed by atoms with Crippen LogP contribution in [0.4, 0.5) is 0 Å². The van der Waals surface area contributed by atoms with Gasteiger partial charge in [0.1, 0.15) is 5.75 Å². The van der Waals surface area contributed by atoms with Crippen molar-refractivity contribution in [2.24, 2.45) is 0 Å². The number of aryl methyl sites for hydroxylation is 1. The maximum absolute atomic E-state index is 11.2. The van der Waals surface area contributed by atoms with E-state index in [1.807, 2.05) is 43.3 Å². The molecule has 0 aliphatic heterocycles. The van der Waals surface area contributed by atoms with Gasteiger partial charge in [0, 0.05) is 18.7 Å². The van der Waals surface area contributed by atoms with Gasteiger partial charge < -0.3 is 9.84 Å². The molecule has 2 heterocycles. The van der Waals surface area contributed by atoms with Gasteiger partial charge in [0.25, 0.3) is 0 Å². The molecule has 112 valence electrons. The Balaban J connectivity index is 1.72. The third-order valence-electron chi connectivity index (χ3n) is 3.10. The number of aromatic hydroxyl groups is 1. The Hall–Kier alpha value is -2.60. The molecule has 2 N–H and O–H groups in total. The van der Waals surface area contributed by atoms with Crippen LogP contribution >= 0.6 is 11.3 Å². The van der Waals surface area contributed by atoms with Crippen molar-refractivity contribution in [1.29, 1.82) is 0 Å². The predicted octanol–water partition coefficient (Wildman–Crippen LogP) is 3.23. The summed E-state index contributed by atoms with van der Waals surface area (Å²) in [5, 5.41) is 9.59. The van der Waals surface area contributed by atoms with Gasteiger partial charge in [-0.15, -0.1) is 0 Å². The highest BCUT2D eigenvalue weighted by Crippen LogP contribution is 2.24. The number of aromatic nitrogens is 2. The summed E-state index contributed by atoms with van der Waals surface area (Å²) in [6.07, 6.45) is 2.20. The van der Waals surface area contributed by atoms with Crippen molar-refractivity contribution in [2.45, 2.75) is 13.3 Å². The van der Waals surface area contributed by atoms with E-state index in [2.05, 4.69) is 9.97 Å². The van der Waals surface area contributed by atoms with Crippen LogP contribution in [0.5, 0.6) is 17.5 Å². The van der Waals surface area contributed by atoms with Crippen molar-refractivity contribution in [1.82, 2.24) is 9.97 Å². The highest BCUT2D eigenvalue weighted by Gasteiger charge is 2.08. The second-order valence-corrected chi connectivity index (χ2v) is 5.95. The maximum atomic E-state index is 11.2. The molecule has 6 heteroatoms. The van der Waals surface area contributed by atoms with Gasteiger partial charge in [-0.2, -0.15) is 0 Å². The van der Waals surface area contributed by atoms with Crippen LogP contribution in [0.25, 0.3) is 0 Å². The normalized spacial score (nSPS) is 10.6. The van der Waals surface area contributed by atoms with Crippen molar-refractivity contribution in [3.8, 4) is 17.5 Å². The Morgan fingerprint density at radius 2 is 2.05 bits per heavy atom. The lowest BCUT2D eigenvalue weighted by molar-refractivity contribution is 0.451. The molecule has 0 unspecified atom stereocenters. The zero-order valence-electron chi connectivity index (χ0n) is 11.9. The van der Waals surface area contributed by atoms with Gasteiger partial charge in [-0.1, -0.05) is 23.5 Å². The van der Waals surface area contributed by atoms with E-state index in [9.17, 15) is 9.90 Å². The summed E-state index contributed by atoms with van der Waals surface area (Å²) in [6, 6.07) is 11.2. The van der Waals surface area contributed by atoms with Crippen molar-refractivity contribution in [3.05, 3.63) is 68.3 Å². The first-order chi connectivity index (χ1) is 10.6. The summed E-state index contributed by atoms with van der Waals surface area (Å²) >= 11 is 1.02. The number of nitrogens with zero attached hydrogens (tertiary/aromatic N) is 1. The monoisotopic (exact) mass is 314 g/mol. The number of thiazole rings is 1. The number of rotatable bonds is 4. The first-order valence-corrected chi connectivity index (χ1v) is 7.52. The quantitative estimate of drug-likeness (QED) is 0.775. The smallest absolute Gasteiger partial charge is 0.307 e. The fourth-order valence-corrected chi connectivity index (χ4v) is 2.78. The van der Waals surface area contributed by atoms with Crippen LogP contribution < -0.4 is 9.61 Å². The molecule has 5 nitrogen and oxygen atoms in total. The van der Waals surface area contributed by atoms with E-state index in [1.165, 1.54) is 0 Å². The summed E-state index contributed by atoms with van der Waals surface area (Å²) in [4.78, 5) is 18.0. The van der Waals surface area contributed by atoms with Crippen LogP contribution in [-0.4, -0.2) is 15.1 Å². The van der Waals surface area contributed by atoms with E-state index in [-0.39, 0.29) is 10.8 Å². The minimum atomic E-state index is -0.252. The van der Waals surface area contributed by atoms with E-state index in [4.69, 9.17) is 4.74 Å². The molecule has 0 aliphatic rings. The molecular weight excluding hydrogens is 300 g/mol. The number of nitrogens with one attached hydrogen (secondary N) is 1. The van der Waals surface area contributed by atoms with Gasteiger partial charge in [0.15, 0.2) is 0 Å². The molecular formula is C16H14N2O3S. The largest absolute Gasteiger partial charge is 0.494 e. The summed E-state index contributed by atoms with van der Waals surface area (Å²) in [5.74, 6) is 1.18. The Morgan fingerprint density at radius 3 is 2.68 bits per heavy atom. The van der Waals surface area contributed by atoms with Crippen LogP contribution in [0, 0.1) is 6.92 Å². The summed E-state index contributed by atoms with van der Waals surface area (Å²) in [5.41, 5.74) is 2.06. The molecule has 0 saturated heterocycles. The first kappa shape index (κ1) is 14.3. The molecule has 0 atom stereocenters. The van der Waals surface area contributed by atoms with Crippen molar-refractivity contribution >= 4 is 11.3 Å². The number of benzene rings is 1. The fourth-order valence-electron chi connectivity index (χ4n) is 2.02. The van der Waals surface area contributed by atoms with Crippen LogP contribution in [0.2, 0.25) is 0 Å². The molecule has 3 rings (SSSR count). The molecule has 0 spiro atoms. The van der Waals surface area contributed by atoms with Gasteiger partial charge >= 0.3 is 4.87 Å². The van der Waals surface area contributed by atoms with Crippen LogP contribution in [0.15, 0.2) is 47.4 Å². The van der Waals surface area contributed by atoms with Crippen LogP contribution in [0.3, 0.4) is 0 Å². The summed E-state index contributed by atoms with van der Waals surface area (Å²) in [6.45, 7) is 1.98. The average Bonchev–Trinajstić information content (AvgIpc) is 2.79. The minimum absolute atomic E-state index is 0.0562. The standard InChI is InChI=1S/C16H14N2O3S/c1-10-6-7-17-14(8-10)21-12-4-2-11(3-5-12)9-13-15(19)18-16(20)22-13/h2-8,19H,9H2,1H3,(H,18,20). The number of pyridine rings is 1. The molecule has 0 bridgehead atoms. The Bertz CT molecular complexity index is 837. The Morgan fingerprint density at radius 1 is 1.27 bits per heavy atom. The van der Waals surface area contributed by atoms with Gasteiger partial charge in [-0.3, -0.25) is 9.78 Å². The topological polar surface area (TPSA) is 75.2 Å². The molecule has 22 heavy (non-hydrogen) atoms. The summed E-state index contributed by atoms with van der Waals surface area (Å²) in [7, 11) is 0. The predicted molar refractivity (Wildman–Crippen MR) is 84.9 cm³/mol. The van der Waals surface area contributed by atoms with E-state index in [1.54, 1.807) is 6.20 Å². The molecule has 2 aromatic heterocycles. The summed E-state index contributed by atoms with van der Waals surface area (Å²) < 4.78 is 5.68. The van der Waals surface area contributed by atoms with Gasteiger partial charge in [0.05, 0.1) is 4.88 Å².